The normalized spacial score (nSPS) is 17.5. The summed E-state index contributed by atoms with van der Waals surface area (Å²) in [4.78, 5) is 6.79. The minimum Gasteiger partial charge on any atom is -0.495 e. The Labute approximate surface area is 220 Å². The first-order chi connectivity index (χ1) is 16.9. The Bertz CT molecular complexity index is 1410. The van der Waals surface area contributed by atoms with Crippen molar-refractivity contribution in [1.82, 2.24) is 14.9 Å². The molecule has 0 bridgehead atoms. The third kappa shape index (κ3) is 4.16. The summed E-state index contributed by atoms with van der Waals surface area (Å²) in [5.41, 5.74) is 5.91. The number of hydrogen-bond donors (Lipinski definition) is 1. The number of rotatable bonds is 5. The van der Waals surface area contributed by atoms with E-state index in [1.54, 1.807) is 19.4 Å². The van der Waals surface area contributed by atoms with Crippen molar-refractivity contribution >= 4 is 46.2 Å². The second-order valence-corrected chi connectivity index (χ2v) is 9.66. The van der Waals surface area contributed by atoms with Crippen molar-refractivity contribution in [2.24, 2.45) is 0 Å². The van der Waals surface area contributed by atoms with E-state index in [1.807, 2.05) is 54.6 Å². The zero-order valence-electron chi connectivity index (χ0n) is 19.5. The second-order valence-electron chi connectivity index (χ2n) is 8.43. The van der Waals surface area contributed by atoms with E-state index in [1.165, 1.54) is 0 Å². The van der Waals surface area contributed by atoms with Crippen LogP contribution in [0.25, 0.3) is 5.69 Å². The summed E-state index contributed by atoms with van der Waals surface area (Å²) < 4.78 is 7.86. The quantitative estimate of drug-likeness (QED) is 0.286. The standard InChI is InChI=1S/C27H24Cl2N4OS/c1-16-14-19(17(2)32(16)22-12-11-18(28)15-20(22)29)26-25(21-8-6-7-13-30-21)31-27(35)33(26)23-9-4-5-10-24(23)34-3/h4-15,25-26H,1-3H3,(H,31,35)/t25-,26+/m1/s1. The third-order valence-electron chi connectivity index (χ3n) is 6.38. The fraction of sp³-hybridized carbons (Fsp3) is 0.185. The number of nitrogens with zero attached hydrogens (tertiary/aromatic N) is 3. The van der Waals surface area contributed by atoms with Gasteiger partial charge in [0.2, 0.25) is 0 Å². The van der Waals surface area contributed by atoms with Crippen molar-refractivity contribution in [2.45, 2.75) is 25.9 Å². The smallest absolute Gasteiger partial charge is 0.174 e. The Balaban J connectivity index is 1.71. The van der Waals surface area contributed by atoms with E-state index < -0.39 is 0 Å². The van der Waals surface area contributed by atoms with E-state index in [0.717, 1.165) is 39.8 Å². The molecule has 2 atom stereocenters. The average molecular weight is 523 g/mol. The number of aryl methyl sites for hydroxylation is 1. The van der Waals surface area contributed by atoms with Gasteiger partial charge in [0.15, 0.2) is 5.11 Å². The molecule has 0 aliphatic carbocycles. The number of halogens is 2. The van der Waals surface area contributed by atoms with Crippen LogP contribution in [0.1, 0.15) is 34.7 Å². The summed E-state index contributed by atoms with van der Waals surface area (Å²) in [6.45, 7) is 4.18. The lowest BCUT2D eigenvalue weighted by atomic mass is 9.96. The van der Waals surface area contributed by atoms with Gasteiger partial charge in [0.25, 0.3) is 0 Å². The topological polar surface area (TPSA) is 42.3 Å². The van der Waals surface area contributed by atoms with Gasteiger partial charge in [-0.2, -0.15) is 0 Å². The van der Waals surface area contributed by atoms with E-state index >= 15 is 0 Å². The molecule has 178 valence electrons. The summed E-state index contributed by atoms with van der Waals surface area (Å²) in [6.07, 6.45) is 1.81. The van der Waals surface area contributed by atoms with Crippen LogP contribution in [0.15, 0.2) is 72.9 Å². The van der Waals surface area contributed by atoms with E-state index in [-0.39, 0.29) is 12.1 Å². The maximum atomic E-state index is 6.61. The highest BCUT2D eigenvalue weighted by atomic mass is 35.5. The predicted molar refractivity (Wildman–Crippen MR) is 146 cm³/mol. The summed E-state index contributed by atoms with van der Waals surface area (Å²) in [6, 6.07) is 21.3. The van der Waals surface area contributed by atoms with Gasteiger partial charge >= 0.3 is 0 Å². The maximum Gasteiger partial charge on any atom is 0.174 e. The molecule has 1 N–H and O–H groups in total. The van der Waals surface area contributed by atoms with Gasteiger partial charge in [-0.15, -0.1) is 0 Å². The van der Waals surface area contributed by atoms with Crippen molar-refractivity contribution in [3.8, 4) is 11.4 Å². The summed E-state index contributed by atoms with van der Waals surface area (Å²) in [7, 11) is 1.67. The largest absolute Gasteiger partial charge is 0.495 e. The second kappa shape index (κ2) is 9.53. The minimum atomic E-state index is -0.167. The molecule has 5 nitrogen and oxygen atoms in total. The summed E-state index contributed by atoms with van der Waals surface area (Å²) >= 11 is 18.7. The molecule has 0 saturated carbocycles. The van der Waals surface area contributed by atoms with E-state index in [2.05, 4.69) is 39.7 Å². The molecule has 1 fully saturated rings. The lowest BCUT2D eigenvalue weighted by molar-refractivity contribution is 0.414. The van der Waals surface area contributed by atoms with Crippen LogP contribution in [0, 0.1) is 13.8 Å². The number of anilines is 1. The monoisotopic (exact) mass is 522 g/mol. The maximum absolute atomic E-state index is 6.61. The summed E-state index contributed by atoms with van der Waals surface area (Å²) in [5, 5.41) is 5.33. The Morgan fingerprint density at radius 3 is 2.46 bits per heavy atom. The number of benzene rings is 2. The molecule has 0 spiro atoms. The van der Waals surface area contributed by atoms with E-state index in [0.29, 0.717) is 15.2 Å². The van der Waals surface area contributed by atoms with Crippen molar-refractivity contribution in [3.63, 3.8) is 0 Å². The van der Waals surface area contributed by atoms with Crippen molar-refractivity contribution in [2.75, 3.05) is 12.0 Å². The number of methoxy groups -OCH3 is 1. The molecule has 5 rings (SSSR count). The first-order valence-corrected chi connectivity index (χ1v) is 12.3. The van der Waals surface area contributed by atoms with Crippen LogP contribution < -0.4 is 15.0 Å². The van der Waals surface area contributed by atoms with Crippen molar-refractivity contribution in [1.29, 1.82) is 0 Å². The first-order valence-electron chi connectivity index (χ1n) is 11.2. The molecule has 1 saturated heterocycles. The molecule has 0 radical (unpaired) electrons. The molecular formula is C27H24Cl2N4OS. The van der Waals surface area contributed by atoms with Crippen LogP contribution in [0.5, 0.6) is 5.75 Å². The van der Waals surface area contributed by atoms with Gasteiger partial charge in [-0.1, -0.05) is 41.4 Å². The lowest BCUT2D eigenvalue weighted by Gasteiger charge is -2.29. The van der Waals surface area contributed by atoms with E-state index in [4.69, 9.17) is 40.2 Å². The number of para-hydroxylation sites is 2. The highest BCUT2D eigenvalue weighted by Crippen LogP contribution is 2.46. The Hall–Kier alpha value is -3.06. The highest BCUT2D eigenvalue weighted by Gasteiger charge is 2.43. The molecule has 35 heavy (non-hydrogen) atoms. The number of nitrogens with one attached hydrogen (secondary N) is 1. The average Bonchev–Trinajstić information content (AvgIpc) is 3.35. The van der Waals surface area contributed by atoms with E-state index in [9.17, 15) is 0 Å². The number of ether oxygens (including phenoxy) is 1. The number of hydrogen-bond acceptors (Lipinski definition) is 3. The third-order valence-corrected chi connectivity index (χ3v) is 7.23. The van der Waals surface area contributed by atoms with Gasteiger partial charge in [-0.3, -0.25) is 4.98 Å². The molecule has 8 heteroatoms. The number of pyridine rings is 1. The van der Waals surface area contributed by atoms with Crippen LogP contribution in [0.2, 0.25) is 10.0 Å². The van der Waals surface area contributed by atoms with Gasteiger partial charge < -0.3 is 19.5 Å². The molecule has 4 aromatic rings. The van der Waals surface area contributed by atoms with Crippen LogP contribution in [-0.2, 0) is 0 Å². The molecule has 0 unspecified atom stereocenters. The van der Waals surface area contributed by atoms with Gasteiger partial charge in [0, 0.05) is 22.6 Å². The summed E-state index contributed by atoms with van der Waals surface area (Å²) in [5.74, 6) is 0.748. The molecular weight excluding hydrogens is 499 g/mol. The van der Waals surface area contributed by atoms with Gasteiger partial charge in [0.05, 0.1) is 41.3 Å². The highest BCUT2D eigenvalue weighted by molar-refractivity contribution is 7.80. The van der Waals surface area contributed by atoms with Crippen LogP contribution in [-0.4, -0.2) is 21.8 Å². The molecule has 1 aliphatic heterocycles. The minimum absolute atomic E-state index is 0.164. The Morgan fingerprint density at radius 2 is 1.74 bits per heavy atom. The van der Waals surface area contributed by atoms with Gasteiger partial charge in [-0.05, 0) is 80.2 Å². The van der Waals surface area contributed by atoms with Gasteiger partial charge in [-0.25, -0.2) is 0 Å². The Morgan fingerprint density at radius 1 is 0.971 bits per heavy atom. The van der Waals surface area contributed by atoms with Crippen LogP contribution in [0.4, 0.5) is 5.69 Å². The number of thiocarbonyl (C=S) groups is 1. The zero-order chi connectivity index (χ0) is 24.7. The molecule has 1 aliphatic rings. The molecule has 2 aromatic carbocycles. The van der Waals surface area contributed by atoms with Crippen molar-refractivity contribution < 1.29 is 4.74 Å². The van der Waals surface area contributed by atoms with Crippen LogP contribution in [0.3, 0.4) is 0 Å². The van der Waals surface area contributed by atoms with Crippen LogP contribution >= 0.6 is 35.4 Å². The zero-order valence-corrected chi connectivity index (χ0v) is 21.8. The van der Waals surface area contributed by atoms with Gasteiger partial charge in [0.1, 0.15) is 5.75 Å². The predicted octanol–water partition coefficient (Wildman–Crippen LogP) is 6.98. The number of aromatic nitrogens is 2. The molecule has 2 aromatic heterocycles. The molecule has 0 amide bonds. The first kappa shape index (κ1) is 23.7. The van der Waals surface area contributed by atoms with Crippen molar-refractivity contribution in [3.05, 3.63) is 106 Å². The fourth-order valence-corrected chi connectivity index (χ4v) is 5.71. The molecule has 3 heterocycles. The SMILES string of the molecule is COc1ccccc1N1C(=S)N[C@H](c2ccccn2)[C@@H]1c1cc(C)n(-c2ccc(Cl)cc2Cl)c1C. The fourth-order valence-electron chi connectivity index (χ4n) is 4.88. The Kier molecular flexibility index (Phi) is 6.45. The lowest BCUT2D eigenvalue weighted by Crippen LogP contribution is -2.30.